The number of ketones is 1. The molecule has 0 aliphatic heterocycles. The summed E-state index contributed by atoms with van der Waals surface area (Å²) >= 11 is 0. The molecular weight excluding hydrogens is 436 g/mol. The molecule has 0 aromatic heterocycles. The minimum absolute atomic E-state index is 0.334. The summed E-state index contributed by atoms with van der Waals surface area (Å²) in [5.74, 6) is 3.03. The highest BCUT2D eigenvalue weighted by Gasteiger charge is 2.29. The molecule has 0 heterocycles. The van der Waals surface area contributed by atoms with Gasteiger partial charge in [0.2, 0.25) is 0 Å². The van der Waals surface area contributed by atoms with Gasteiger partial charge in [0.25, 0.3) is 0 Å². The predicted molar refractivity (Wildman–Crippen MR) is 154 cm³/mol. The largest absolute Gasteiger partial charge is 0.294 e. The van der Waals surface area contributed by atoms with Crippen LogP contribution in [0, 0.1) is 17.8 Å². The minimum Gasteiger partial charge on any atom is -0.294 e. The van der Waals surface area contributed by atoms with Gasteiger partial charge < -0.3 is 0 Å². The number of hydrogen-bond donors (Lipinski definition) is 0. The van der Waals surface area contributed by atoms with Gasteiger partial charge >= 0.3 is 0 Å². The Balaban J connectivity index is 1.24. The molecule has 2 aromatic carbocycles. The first-order valence-electron chi connectivity index (χ1n) is 15.1. The topological polar surface area (TPSA) is 17.1 Å². The van der Waals surface area contributed by atoms with Crippen LogP contribution in [0.2, 0.25) is 0 Å². The molecule has 2 aliphatic rings. The zero-order chi connectivity index (χ0) is 25.2. The van der Waals surface area contributed by atoms with Crippen molar-refractivity contribution in [3.63, 3.8) is 0 Å². The molecule has 2 aromatic rings. The van der Waals surface area contributed by atoms with Gasteiger partial charge in [-0.1, -0.05) is 113 Å². The summed E-state index contributed by atoms with van der Waals surface area (Å²) in [5.41, 5.74) is 6.14. The Morgan fingerprint density at radius 1 is 0.722 bits per heavy atom. The number of allylic oxidation sites excluding steroid dienone is 2. The SMILES string of the molecule is CCCCCc1ccc(-c2ccc(CC(=O)C3=CCC(C4CCC(CCCC)CC4)CC3)cc2)cc1. The first kappa shape index (κ1) is 26.9. The molecule has 0 amide bonds. The number of rotatable bonds is 12. The van der Waals surface area contributed by atoms with Crippen molar-refractivity contribution in [2.24, 2.45) is 17.8 Å². The molecule has 0 spiro atoms. The first-order chi connectivity index (χ1) is 17.7. The van der Waals surface area contributed by atoms with Crippen LogP contribution in [0.3, 0.4) is 0 Å². The lowest BCUT2D eigenvalue weighted by molar-refractivity contribution is -0.115. The quantitative estimate of drug-likeness (QED) is 0.274. The van der Waals surface area contributed by atoms with Crippen LogP contribution in [0.1, 0.15) is 108 Å². The molecule has 0 saturated heterocycles. The second-order valence-corrected chi connectivity index (χ2v) is 11.6. The lowest BCUT2D eigenvalue weighted by atomic mass is 9.70. The maximum absolute atomic E-state index is 13.0. The van der Waals surface area contributed by atoms with E-state index in [-0.39, 0.29) is 0 Å². The van der Waals surface area contributed by atoms with Crippen molar-refractivity contribution in [2.75, 3.05) is 0 Å². The number of hydrogen-bond acceptors (Lipinski definition) is 1. The molecule has 0 bridgehead atoms. The summed E-state index contributed by atoms with van der Waals surface area (Å²) in [4.78, 5) is 13.0. The van der Waals surface area contributed by atoms with Gasteiger partial charge in [-0.2, -0.15) is 0 Å². The van der Waals surface area contributed by atoms with E-state index in [0.717, 1.165) is 41.7 Å². The fourth-order valence-electron chi connectivity index (χ4n) is 6.53. The molecule has 1 nitrogen and oxygen atoms in total. The Bertz CT molecular complexity index is 957. The summed E-state index contributed by atoms with van der Waals surface area (Å²) in [5, 5.41) is 0. The molecule has 1 saturated carbocycles. The van der Waals surface area contributed by atoms with Gasteiger partial charge in [0, 0.05) is 6.42 Å². The predicted octanol–water partition coefficient (Wildman–Crippen LogP) is 9.92. The maximum Gasteiger partial charge on any atom is 0.162 e. The number of unbranched alkanes of at least 4 members (excludes halogenated alkanes) is 3. The zero-order valence-electron chi connectivity index (χ0n) is 22.9. The van der Waals surface area contributed by atoms with Crippen LogP contribution in [0.5, 0.6) is 0 Å². The second-order valence-electron chi connectivity index (χ2n) is 11.6. The molecule has 1 heteroatoms. The molecule has 1 fully saturated rings. The second kappa shape index (κ2) is 14.0. The fourth-order valence-corrected chi connectivity index (χ4v) is 6.53. The van der Waals surface area contributed by atoms with E-state index in [0.29, 0.717) is 12.2 Å². The van der Waals surface area contributed by atoms with Crippen LogP contribution in [0.4, 0.5) is 0 Å². The Morgan fingerprint density at radius 2 is 1.36 bits per heavy atom. The van der Waals surface area contributed by atoms with Gasteiger partial charge in [0.1, 0.15) is 0 Å². The molecular formula is C35H48O. The number of carbonyl (C=O) groups is 1. The molecule has 36 heavy (non-hydrogen) atoms. The van der Waals surface area contributed by atoms with E-state index < -0.39 is 0 Å². The number of carbonyl (C=O) groups excluding carboxylic acids is 1. The summed E-state index contributed by atoms with van der Waals surface area (Å²) in [6, 6.07) is 17.7. The van der Waals surface area contributed by atoms with Gasteiger partial charge in [0.15, 0.2) is 5.78 Å². The van der Waals surface area contributed by atoms with Crippen molar-refractivity contribution >= 4 is 5.78 Å². The van der Waals surface area contributed by atoms with Crippen molar-refractivity contribution in [3.05, 3.63) is 71.3 Å². The molecule has 194 valence electrons. The summed E-state index contributed by atoms with van der Waals surface area (Å²) in [7, 11) is 0. The normalized spacial score (nSPS) is 22.3. The van der Waals surface area contributed by atoms with Gasteiger partial charge in [-0.05, 0) is 90.5 Å². The van der Waals surface area contributed by atoms with Crippen molar-refractivity contribution in [1.29, 1.82) is 0 Å². The van der Waals surface area contributed by atoms with Crippen LogP contribution >= 0.6 is 0 Å². The van der Waals surface area contributed by atoms with Crippen LogP contribution in [0.15, 0.2) is 60.2 Å². The van der Waals surface area contributed by atoms with Crippen molar-refractivity contribution in [2.45, 2.75) is 110 Å². The van der Waals surface area contributed by atoms with Crippen LogP contribution < -0.4 is 0 Å². The Kier molecular flexibility index (Phi) is 10.4. The Morgan fingerprint density at radius 3 is 1.94 bits per heavy atom. The highest BCUT2D eigenvalue weighted by atomic mass is 16.1. The highest BCUT2D eigenvalue weighted by molar-refractivity contribution is 5.97. The van der Waals surface area contributed by atoms with Gasteiger partial charge in [-0.15, -0.1) is 0 Å². The molecule has 1 atom stereocenters. The van der Waals surface area contributed by atoms with Crippen molar-refractivity contribution in [1.82, 2.24) is 0 Å². The number of benzene rings is 2. The van der Waals surface area contributed by atoms with E-state index in [4.69, 9.17) is 0 Å². The third-order valence-electron chi connectivity index (χ3n) is 9.01. The average Bonchev–Trinajstić information content (AvgIpc) is 2.93. The number of Topliss-reactive ketones (excluding diaryl/α,β-unsaturated/α-hetero) is 1. The van der Waals surface area contributed by atoms with E-state index in [1.807, 2.05) is 0 Å². The molecule has 4 rings (SSSR count). The van der Waals surface area contributed by atoms with E-state index in [1.165, 1.54) is 93.7 Å². The average molecular weight is 485 g/mol. The summed E-state index contributed by atoms with van der Waals surface area (Å²) < 4.78 is 0. The third-order valence-corrected chi connectivity index (χ3v) is 9.01. The van der Waals surface area contributed by atoms with Crippen molar-refractivity contribution < 1.29 is 4.79 Å². The fraction of sp³-hybridized carbons (Fsp3) is 0.571. The van der Waals surface area contributed by atoms with Crippen LogP contribution in [-0.4, -0.2) is 5.78 Å². The molecule has 0 N–H and O–H groups in total. The Labute approximate surface area is 220 Å². The Hall–Kier alpha value is -2.15. The summed E-state index contributed by atoms with van der Waals surface area (Å²) in [6.45, 7) is 4.56. The monoisotopic (exact) mass is 484 g/mol. The lowest BCUT2D eigenvalue weighted by Crippen LogP contribution is -2.24. The highest BCUT2D eigenvalue weighted by Crippen LogP contribution is 2.41. The smallest absolute Gasteiger partial charge is 0.162 e. The van der Waals surface area contributed by atoms with Crippen molar-refractivity contribution in [3.8, 4) is 11.1 Å². The van der Waals surface area contributed by atoms with E-state index in [1.54, 1.807) is 0 Å². The van der Waals surface area contributed by atoms with Crippen LogP contribution in [-0.2, 0) is 17.6 Å². The lowest BCUT2D eigenvalue weighted by Gasteiger charge is -2.35. The van der Waals surface area contributed by atoms with Gasteiger partial charge in [-0.25, -0.2) is 0 Å². The van der Waals surface area contributed by atoms with Gasteiger partial charge in [-0.3, -0.25) is 4.79 Å². The third kappa shape index (κ3) is 7.67. The molecule has 1 unspecified atom stereocenters. The van der Waals surface area contributed by atoms with Crippen LogP contribution in [0.25, 0.3) is 11.1 Å². The molecule has 0 radical (unpaired) electrons. The first-order valence-corrected chi connectivity index (χ1v) is 15.1. The minimum atomic E-state index is 0.334. The van der Waals surface area contributed by atoms with E-state index in [9.17, 15) is 4.79 Å². The zero-order valence-corrected chi connectivity index (χ0v) is 22.9. The summed E-state index contributed by atoms with van der Waals surface area (Å²) in [6.07, 6.45) is 21.1. The number of aryl methyl sites for hydroxylation is 1. The molecule has 2 aliphatic carbocycles. The van der Waals surface area contributed by atoms with E-state index in [2.05, 4.69) is 68.5 Å². The van der Waals surface area contributed by atoms with Gasteiger partial charge in [0.05, 0.1) is 0 Å². The standard InChI is InChI=1S/C35H48O/c1-3-5-7-9-28-12-18-30(19-13-28)32-20-14-29(15-21-32)26-35(36)34-24-22-33(23-25-34)31-16-10-27(11-17-31)8-6-4-2/h12-15,18-21,24,27,31,33H,3-11,16-17,22-23,25-26H2,1-2H3. The van der Waals surface area contributed by atoms with E-state index >= 15 is 0 Å². The maximum atomic E-state index is 13.0.